The van der Waals surface area contributed by atoms with Crippen LogP contribution in [0.5, 0.6) is 0 Å². The Morgan fingerprint density at radius 1 is 1.25 bits per heavy atom. The summed E-state index contributed by atoms with van der Waals surface area (Å²) in [7, 11) is 0. The minimum Gasteiger partial charge on any atom is -0.462 e. The Morgan fingerprint density at radius 2 is 1.85 bits per heavy atom. The fourth-order valence-corrected chi connectivity index (χ4v) is 1.47. The fourth-order valence-electron chi connectivity index (χ4n) is 1.24. The SMILES string of the molecule is CCOC(=O)C(=CNc1ccc(Br)nc1)C(=O)OCC. The van der Waals surface area contributed by atoms with E-state index in [-0.39, 0.29) is 18.8 Å². The summed E-state index contributed by atoms with van der Waals surface area (Å²) in [6.45, 7) is 3.67. The maximum atomic E-state index is 11.7. The molecule has 0 aliphatic carbocycles. The van der Waals surface area contributed by atoms with Crippen LogP contribution in [0.1, 0.15) is 13.8 Å². The van der Waals surface area contributed by atoms with E-state index in [0.717, 1.165) is 0 Å². The Balaban J connectivity index is 2.86. The van der Waals surface area contributed by atoms with Gasteiger partial charge in [0.1, 0.15) is 4.60 Å². The number of hydrogen-bond donors (Lipinski definition) is 1. The molecule has 1 rings (SSSR count). The second kappa shape index (κ2) is 8.31. The molecule has 0 saturated heterocycles. The summed E-state index contributed by atoms with van der Waals surface area (Å²) in [6.07, 6.45) is 2.80. The summed E-state index contributed by atoms with van der Waals surface area (Å²) in [4.78, 5) is 27.4. The molecule has 0 bridgehead atoms. The summed E-state index contributed by atoms with van der Waals surface area (Å²) in [5.74, 6) is -1.47. The Labute approximate surface area is 125 Å². The zero-order valence-corrected chi connectivity index (χ0v) is 12.8. The average molecular weight is 343 g/mol. The van der Waals surface area contributed by atoms with Crippen molar-refractivity contribution in [3.05, 3.63) is 34.7 Å². The number of pyridine rings is 1. The number of carbonyl (C=O) groups is 2. The third-order valence-corrected chi connectivity index (χ3v) is 2.57. The predicted molar refractivity (Wildman–Crippen MR) is 76.9 cm³/mol. The Kier molecular flexibility index (Phi) is 6.72. The van der Waals surface area contributed by atoms with E-state index >= 15 is 0 Å². The lowest BCUT2D eigenvalue weighted by atomic mass is 10.3. The lowest BCUT2D eigenvalue weighted by molar-refractivity contribution is -0.146. The quantitative estimate of drug-likeness (QED) is 0.281. The van der Waals surface area contributed by atoms with E-state index in [1.54, 1.807) is 32.2 Å². The second-order valence-electron chi connectivity index (χ2n) is 3.51. The predicted octanol–water partition coefficient (Wildman–Crippen LogP) is 2.27. The maximum absolute atomic E-state index is 11.7. The zero-order valence-electron chi connectivity index (χ0n) is 11.2. The van der Waals surface area contributed by atoms with Crippen molar-refractivity contribution in [2.24, 2.45) is 0 Å². The molecule has 0 aromatic carbocycles. The number of ether oxygens (including phenoxy) is 2. The molecule has 7 heteroatoms. The lowest BCUT2D eigenvalue weighted by Crippen LogP contribution is -2.19. The van der Waals surface area contributed by atoms with E-state index in [2.05, 4.69) is 26.2 Å². The van der Waals surface area contributed by atoms with E-state index in [1.165, 1.54) is 6.20 Å². The standard InChI is InChI=1S/C13H15BrN2O4/c1-3-19-12(17)10(13(18)20-4-2)8-15-9-5-6-11(14)16-7-9/h5-8,15H,3-4H2,1-2H3. The van der Waals surface area contributed by atoms with Gasteiger partial charge in [-0.15, -0.1) is 0 Å². The number of carbonyl (C=O) groups excluding carboxylic acids is 2. The van der Waals surface area contributed by atoms with E-state index in [0.29, 0.717) is 10.3 Å². The summed E-state index contributed by atoms with van der Waals surface area (Å²) >= 11 is 3.21. The molecule has 1 N–H and O–H groups in total. The van der Waals surface area contributed by atoms with Gasteiger partial charge in [-0.3, -0.25) is 0 Å². The number of esters is 2. The van der Waals surface area contributed by atoms with Crippen LogP contribution in [0, 0.1) is 0 Å². The number of rotatable bonds is 6. The molecule has 0 atom stereocenters. The number of aromatic nitrogens is 1. The molecule has 1 heterocycles. The molecule has 0 radical (unpaired) electrons. The molecular weight excluding hydrogens is 328 g/mol. The molecule has 0 aliphatic rings. The van der Waals surface area contributed by atoms with E-state index in [1.807, 2.05) is 0 Å². The van der Waals surface area contributed by atoms with Crippen molar-refractivity contribution in [2.75, 3.05) is 18.5 Å². The van der Waals surface area contributed by atoms with Crippen molar-refractivity contribution in [3.63, 3.8) is 0 Å². The summed E-state index contributed by atoms with van der Waals surface area (Å²) in [6, 6.07) is 3.46. The number of nitrogens with one attached hydrogen (secondary N) is 1. The highest BCUT2D eigenvalue weighted by molar-refractivity contribution is 9.10. The third kappa shape index (κ3) is 5.00. The summed E-state index contributed by atoms with van der Waals surface area (Å²) in [5, 5.41) is 2.80. The smallest absolute Gasteiger partial charge is 0.347 e. The van der Waals surface area contributed by atoms with E-state index in [4.69, 9.17) is 9.47 Å². The molecule has 1 aromatic rings. The van der Waals surface area contributed by atoms with Gasteiger partial charge in [0.2, 0.25) is 0 Å². The Bertz CT molecular complexity index is 480. The highest BCUT2D eigenvalue weighted by Crippen LogP contribution is 2.11. The van der Waals surface area contributed by atoms with Gasteiger partial charge in [-0.25, -0.2) is 14.6 Å². The van der Waals surface area contributed by atoms with Crippen molar-refractivity contribution in [2.45, 2.75) is 13.8 Å². The molecule has 0 aliphatic heterocycles. The monoisotopic (exact) mass is 342 g/mol. The van der Waals surface area contributed by atoms with Crippen molar-refractivity contribution >= 4 is 33.6 Å². The molecule has 0 fully saturated rings. The van der Waals surface area contributed by atoms with Crippen molar-refractivity contribution in [3.8, 4) is 0 Å². The minimum absolute atomic E-state index is 0.176. The van der Waals surface area contributed by atoms with Gasteiger partial charge >= 0.3 is 11.9 Å². The summed E-state index contributed by atoms with van der Waals surface area (Å²) < 4.78 is 10.3. The summed E-state index contributed by atoms with van der Waals surface area (Å²) in [5.41, 5.74) is 0.427. The number of hydrogen-bond acceptors (Lipinski definition) is 6. The van der Waals surface area contributed by atoms with Crippen LogP contribution < -0.4 is 5.32 Å². The molecule has 1 aromatic heterocycles. The van der Waals surface area contributed by atoms with Crippen LogP contribution in [0.3, 0.4) is 0 Å². The molecular formula is C13H15BrN2O4. The normalized spacial score (nSPS) is 9.55. The number of nitrogens with zero attached hydrogens (tertiary/aromatic N) is 1. The Hall–Kier alpha value is -1.89. The second-order valence-corrected chi connectivity index (χ2v) is 4.33. The Morgan fingerprint density at radius 3 is 2.30 bits per heavy atom. The average Bonchev–Trinajstić information content (AvgIpc) is 2.42. The first-order valence-corrected chi connectivity index (χ1v) is 6.80. The molecule has 0 amide bonds. The third-order valence-electron chi connectivity index (χ3n) is 2.10. The van der Waals surface area contributed by atoms with Gasteiger partial charge < -0.3 is 14.8 Å². The van der Waals surface area contributed by atoms with Crippen LogP contribution in [0.15, 0.2) is 34.7 Å². The van der Waals surface area contributed by atoms with E-state index < -0.39 is 11.9 Å². The van der Waals surface area contributed by atoms with Gasteiger partial charge in [-0.1, -0.05) is 0 Å². The molecule has 6 nitrogen and oxygen atoms in total. The number of halogens is 1. The molecule has 0 spiro atoms. The lowest BCUT2D eigenvalue weighted by Gasteiger charge is -2.07. The van der Waals surface area contributed by atoms with Gasteiger partial charge in [0.15, 0.2) is 5.57 Å². The minimum atomic E-state index is -0.733. The van der Waals surface area contributed by atoms with Crippen LogP contribution in [0.2, 0.25) is 0 Å². The molecule has 0 saturated carbocycles. The van der Waals surface area contributed by atoms with Crippen molar-refractivity contribution < 1.29 is 19.1 Å². The molecule has 108 valence electrons. The van der Waals surface area contributed by atoms with Crippen LogP contribution >= 0.6 is 15.9 Å². The van der Waals surface area contributed by atoms with Gasteiger partial charge in [0, 0.05) is 6.20 Å². The van der Waals surface area contributed by atoms with Crippen molar-refractivity contribution in [1.29, 1.82) is 0 Å². The van der Waals surface area contributed by atoms with Gasteiger partial charge in [-0.2, -0.15) is 0 Å². The molecule has 0 unspecified atom stereocenters. The topological polar surface area (TPSA) is 77.5 Å². The first-order chi connectivity index (χ1) is 9.58. The zero-order chi connectivity index (χ0) is 15.0. The first-order valence-electron chi connectivity index (χ1n) is 6.01. The van der Waals surface area contributed by atoms with Crippen LogP contribution in [0.4, 0.5) is 5.69 Å². The molecule has 20 heavy (non-hydrogen) atoms. The van der Waals surface area contributed by atoms with Crippen LogP contribution in [0.25, 0.3) is 0 Å². The van der Waals surface area contributed by atoms with Crippen molar-refractivity contribution in [1.82, 2.24) is 4.98 Å². The highest BCUT2D eigenvalue weighted by atomic mass is 79.9. The van der Waals surface area contributed by atoms with Gasteiger partial charge in [0.05, 0.1) is 25.1 Å². The fraction of sp³-hybridized carbons (Fsp3) is 0.308. The van der Waals surface area contributed by atoms with Crippen LogP contribution in [-0.4, -0.2) is 30.1 Å². The first kappa shape index (κ1) is 16.2. The van der Waals surface area contributed by atoms with E-state index in [9.17, 15) is 9.59 Å². The maximum Gasteiger partial charge on any atom is 0.347 e. The van der Waals surface area contributed by atoms with Crippen LogP contribution in [-0.2, 0) is 19.1 Å². The van der Waals surface area contributed by atoms with Gasteiger partial charge in [0.25, 0.3) is 0 Å². The highest BCUT2D eigenvalue weighted by Gasteiger charge is 2.20. The number of anilines is 1. The largest absolute Gasteiger partial charge is 0.462 e. The van der Waals surface area contributed by atoms with Gasteiger partial charge in [-0.05, 0) is 41.9 Å².